The lowest BCUT2D eigenvalue weighted by Gasteiger charge is -2.42. The standard InChI is InChI=1S/C57H104O14/c1-3-5-7-9-11-13-15-17-19-20-21-22-23-24-25-27-29-31-33-35-37-39-41-66-43-46(69-49(59)40-38-36-34-32-30-28-26-18-16-14-12-10-8-6-4-2)44-67-56-55(65)53(63)51(61)48(71-56)45-68-57-54(64)52(62)50(60)47(42-58)70-57/h12,14,18,20-21,26,46-48,50-58,60-65H,3-11,13,15-17,19,22-25,27-45H2,1-2H3/b14-12-,21-20-,26-18-. The first-order chi connectivity index (χ1) is 34.6. The maximum Gasteiger partial charge on any atom is 0.306 e. The van der Waals surface area contributed by atoms with E-state index < -0.39 is 80.7 Å². The summed E-state index contributed by atoms with van der Waals surface area (Å²) < 4.78 is 34.4. The Hall–Kier alpha value is -1.79. The van der Waals surface area contributed by atoms with Crippen LogP contribution in [0.5, 0.6) is 0 Å². The number of rotatable bonds is 46. The van der Waals surface area contributed by atoms with E-state index in [0.717, 1.165) is 64.2 Å². The molecule has 11 atom stereocenters. The van der Waals surface area contributed by atoms with Crippen molar-refractivity contribution >= 4 is 5.97 Å². The quantitative estimate of drug-likeness (QED) is 0.0172. The molecule has 2 aliphatic rings. The summed E-state index contributed by atoms with van der Waals surface area (Å²) >= 11 is 0. The second-order valence-electron chi connectivity index (χ2n) is 20.1. The Labute approximate surface area is 429 Å². The Kier molecular flexibility index (Phi) is 40.9. The average Bonchev–Trinajstić information content (AvgIpc) is 3.37. The van der Waals surface area contributed by atoms with Gasteiger partial charge in [-0.3, -0.25) is 4.79 Å². The molecule has 11 unspecified atom stereocenters. The van der Waals surface area contributed by atoms with Crippen LogP contribution in [0.1, 0.15) is 219 Å². The molecule has 0 spiro atoms. The molecule has 2 fully saturated rings. The summed E-state index contributed by atoms with van der Waals surface area (Å²) in [5.74, 6) is -0.388. The summed E-state index contributed by atoms with van der Waals surface area (Å²) in [4.78, 5) is 13.0. The molecular formula is C57H104O14. The molecular weight excluding hydrogens is 909 g/mol. The molecule has 2 saturated heterocycles. The number of hydrogen-bond donors (Lipinski definition) is 7. The highest BCUT2D eigenvalue weighted by molar-refractivity contribution is 5.69. The largest absolute Gasteiger partial charge is 0.457 e. The SMILES string of the molecule is CCCCC/C=C\C/C=C\CCCCCCCC(=O)OC(COCCCCCCCCCCCC/C=C\CCCCCCCCCC)COC1OC(COC2OC(CO)C(O)C(O)C2O)C(O)C(O)C1O. The predicted octanol–water partition coefficient (Wildman–Crippen LogP) is 9.75. The number of hydrogen-bond acceptors (Lipinski definition) is 14. The Morgan fingerprint density at radius 3 is 1.39 bits per heavy atom. The Bertz CT molecular complexity index is 1310. The van der Waals surface area contributed by atoms with Crippen molar-refractivity contribution in [2.45, 2.75) is 287 Å². The third kappa shape index (κ3) is 31.6. The summed E-state index contributed by atoms with van der Waals surface area (Å²) in [6.07, 6.45) is 34.9. The maximum absolute atomic E-state index is 13.0. The smallest absolute Gasteiger partial charge is 0.306 e. The van der Waals surface area contributed by atoms with Gasteiger partial charge in [0.05, 0.1) is 26.4 Å². The summed E-state index contributed by atoms with van der Waals surface area (Å²) in [5.41, 5.74) is 0. The first kappa shape index (κ1) is 65.3. The van der Waals surface area contributed by atoms with Gasteiger partial charge in [-0.15, -0.1) is 0 Å². The van der Waals surface area contributed by atoms with E-state index in [1.807, 2.05) is 0 Å². The molecule has 416 valence electrons. The molecule has 0 aliphatic carbocycles. The van der Waals surface area contributed by atoms with Crippen molar-refractivity contribution in [1.82, 2.24) is 0 Å². The number of carbonyl (C=O) groups is 1. The minimum atomic E-state index is -1.71. The molecule has 2 rings (SSSR count). The summed E-state index contributed by atoms with van der Waals surface area (Å²) in [6, 6.07) is 0. The molecule has 0 bridgehead atoms. The predicted molar refractivity (Wildman–Crippen MR) is 280 cm³/mol. The van der Waals surface area contributed by atoms with Gasteiger partial charge in [0.1, 0.15) is 54.9 Å². The van der Waals surface area contributed by atoms with Crippen LogP contribution in [0.15, 0.2) is 36.5 Å². The molecule has 7 N–H and O–H groups in total. The second-order valence-corrected chi connectivity index (χ2v) is 20.1. The number of ether oxygens (including phenoxy) is 6. The van der Waals surface area contributed by atoms with E-state index in [1.165, 1.54) is 128 Å². The van der Waals surface area contributed by atoms with Crippen LogP contribution in [0.3, 0.4) is 0 Å². The Balaban J connectivity index is 1.71. The van der Waals surface area contributed by atoms with E-state index >= 15 is 0 Å². The first-order valence-electron chi connectivity index (χ1n) is 28.6. The highest BCUT2D eigenvalue weighted by Gasteiger charge is 2.47. The topological polar surface area (TPSA) is 214 Å². The van der Waals surface area contributed by atoms with Gasteiger partial charge in [0.15, 0.2) is 12.6 Å². The zero-order chi connectivity index (χ0) is 51.6. The number of esters is 1. The average molecular weight is 1010 g/mol. The van der Waals surface area contributed by atoms with Crippen molar-refractivity contribution in [2.24, 2.45) is 0 Å². The van der Waals surface area contributed by atoms with Gasteiger partial charge in [-0.05, 0) is 70.6 Å². The fraction of sp³-hybridized carbons (Fsp3) is 0.877. The van der Waals surface area contributed by atoms with Crippen LogP contribution in [0, 0.1) is 0 Å². The van der Waals surface area contributed by atoms with Crippen molar-refractivity contribution in [1.29, 1.82) is 0 Å². The van der Waals surface area contributed by atoms with Crippen molar-refractivity contribution in [3.05, 3.63) is 36.5 Å². The van der Waals surface area contributed by atoms with Crippen LogP contribution in [0.2, 0.25) is 0 Å². The minimum Gasteiger partial charge on any atom is -0.457 e. The lowest BCUT2D eigenvalue weighted by Crippen LogP contribution is -2.61. The molecule has 0 radical (unpaired) electrons. The minimum absolute atomic E-state index is 0.0561. The highest BCUT2D eigenvalue weighted by Crippen LogP contribution is 2.26. The third-order valence-corrected chi connectivity index (χ3v) is 13.6. The molecule has 0 aromatic heterocycles. The van der Waals surface area contributed by atoms with Gasteiger partial charge in [0.2, 0.25) is 0 Å². The van der Waals surface area contributed by atoms with Crippen LogP contribution >= 0.6 is 0 Å². The van der Waals surface area contributed by atoms with Gasteiger partial charge in [0.25, 0.3) is 0 Å². The molecule has 14 heteroatoms. The fourth-order valence-corrected chi connectivity index (χ4v) is 8.96. The van der Waals surface area contributed by atoms with Gasteiger partial charge in [0, 0.05) is 13.0 Å². The normalized spacial score (nSPS) is 25.5. The summed E-state index contributed by atoms with van der Waals surface area (Å²) in [6.45, 7) is 3.66. The number of carbonyl (C=O) groups excluding carboxylic acids is 1. The number of aliphatic hydroxyl groups is 7. The van der Waals surface area contributed by atoms with Gasteiger partial charge in [-0.25, -0.2) is 0 Å². The lowest BCUT2D eigenvalue weighted by atomic mass is 9.98. The second kappa shape index (κ2) is 44.5. The van der Waals surface area contributed by atoms with E-state index in [4.69, 9.17) is 28.4 Å². The van der Waals surface area contributed by atoms with E-state index in [1.54, 1.807) is 0 Å². The van der Waals surface area contributed by atoms with Crippen molar-refractivity contribution < 1.29 is 69.0 Å². The fourth-order valence-electron chi connectivity index (χ4n) is 8.96. The van der Waals surface area contributed by atoms with Gasteiger partial charge in [-0.1, -0.05) is 179 Å². The number of unbranched alkanes of at least 4 members (excludes halogenated alkanes) is 26. The van der Waals surface area contributed by atoms with Crippen LogP contribution in [0.4, 0.5) is 0 Å². The molecule has 2 heterocycles. The van der Waals surface area contributed by atoms with Crippen molar-refractivity contribution in [3.8, 4) is 0 Å². The van der Waals surface area contributed by atoms with Crippen LogP contribution < -0.4 is 0 Å². The molecule has 71 heavy (non-hydrogen) atoms. The highest BCUT2D eigenvalue weighted by atomic mass is 16.7. The van der Waals surface area contributed by atoms with Gasteiger partial charge < -0.3 is 64.2 Å². The van der Waals surface area contributed by atoms with Crippen LogP contribution in [-0.4, -0.2) is 142 Å². The molecule has 0 saturated carbocycles. The molecule has 0 aromatic rings. The summed E-state index contributed by atoms with van der Waals surface area (Å²) in [7, 11) is 0. The Morgan fingerprint density at radius 2 is 0.873 bits per heavy atom. The van der Waals surface area contributed by atoms with Gasteiger partial charge >= 0.3 is 5.97 Å². The molecule has 0 aromatic carbocycles. The maximum atomic E-state index is 13.0. The zero-order valence-corrected chi connectivity index (χ0v) is 44.5. The monoisotopic (exact) mass is 1010 g/mol. The third-order valence-electron chi connectivity index (χ3n) is 13.6. The van der Waals surface area contributed by atoms with Gasteiger partial charge in [-0.2, -0.15) is 0 Å². The number of aliphatic hydroxyl groups excluding tert-OH is 7. The van der Waals surface area contributed by atoms with Crippen LogP contribution in [-0.2, 0) is 33.2 Å². The molecule has 14 nitrogen and oxygen atoms in total. The number of allylic oxidation sites excluding steroid dienone is 6. The molecule has 0 amide bonds. The Morgan fingerprint density at radius 1 is 0.465 bits per heavy atom. The van der Waals surface area contributed by atoms with Crippen molar-refractivity contribution in [3.63, 3.8) is 0 Å². The first-order valence-corrected chi connectivity index (χ1v) is 28.6. The van der Waals surface area contributed by atoms with E-state index in [0.29, 0.717) is 13.0 Å². The zero-order valence-electron chi connectivity index (χ0n) is 44.5. The molecule has 2 aliphatic heterocycles. The lowest BCUT2D eigenvalue weighted by molar-refractivity contribution is -0.332. The van der Waals surface area contributed by atoms with Crippen LogP contribution in [0.25, 0.3) is 0 Å². The van der Waals surface area contributed by atoms with E-state index in [2.05, 4.69) is 50.3 Å². The summed E-state index contributed by atoms with van der Waals surface area (Å²) in [5, 5.41) is 72.3. The van der Waals surface area contributed by atoms with Crippen molar-refractivity contribution in [2.75, 3.05) is 33.0 Å². The van der Waals surface area contributed by atoms with E-state index in [9.17, 15) is 40.5 Å². The van der Waals surface area contributed by atoms with E-state index in [-0.39, 0.29) is 25.6 Å².